The zero-order chi connectivity index (χ0) is 20.6. The van der Waals surface area contributed by atoms with Crippen LogP contribution in [0.15, 0.2) is 67.3 Å². The number of rotatable bonds is 2. The third kappa shape index (κ3) is 1.96. The maximum absolute atomic E-state index is 4.49. The molecule has 6 aromatic rings. The normalized spacial score (nSPS) is 12.0. The molecule has 30 heavy (non-hydrogen) atoms. The second-order valence-corrected chi connectivity index (χ2v) is 8.03. The third-order valence-electron chi connectivity index (χ3n) is 5.77. The largest absolute Gasteiger partial charge is 0.370 e. The third-order valence-corrected chi connectivity index (χ3v) is 5.77. The monoisotopic (exact) mass is 397 g/mol. The summed E-state index contributed by atoms with van der Waals surface area (Å²) in [5.41, 5.74) is 6.84. The Morgan fingerprint density at radius 1 is 0.700 bits per heavy atom. The molecule has 0 aliphatic carbocycles. The van der Waals surface area contributed by atoms with Crippen LogP contribution in [0.4, 0.5) is 11.9 Å². The number of imidazole rings is 2. The van der Waals surface area contributed by atoms with Crippen molar-refractivity contribution in [3.63, 3.8) is 0 Å². The summed E-state index contributed by atoms with van der Waals surface area (Å²) in [7, 11) is 8.36. The number of aromatic nitrogens is 5. The molecule has 6 aromatic heterocycles. The number of fused-ring (bicyclic) bond motifs is 10. The van der Waals surface area contributed by atoms with Gasteiger partial charge in [0, 0.05) is 6.20 Å². The van der Waals surface area contributed by atoms with E-state index in [-0.39, 0.29) is 0 Å². The molecule has 7 heteroatoms. The Hall–Kier alpha value is -3.87. The van der Waals surface area contributed by atoms with Crippen molar-refractivity contribution in [2.45, 2.75) is 0 Å². The Bertz CT molecular complexity index is 1480. The highest BCUT2D eigenvalue weighted by atomic mass is 15.3. The Morgan fingerprint density at radius 3 is 1.77 bits per heavy atom. The van der Waals surface area contributed by atoms with Crippen LogP contribution in [0.3, 0.4) is 0 Å². The molecule has 0 amide bonds. The SMILES string of the molecule is CN(C)c1n2c3ccncc3n3c(N(C)C)[n+]4ccccc4c3c2c2cccc[n+]12. The quantitative estimate of drug-likeness (QED) is 0.421. The van der Waals surface area contributed by atoms with E-state index in [1.807, 2.05) is 12.4 Å². The fourth-order valence-corrected chi connectivity index (χ4v) is 4.75. The molecule has 0 radical (unpaired) electrons. The summed E-state index contributed by atoms with van der Waals surface area (Å²) in [4.78, 5) is 8.82. The maximum atomic E-state index is 4.49. The Kier molecular flexibility index (Phi) is 3.30. The number of hydrogen-bond acceptors (Lipinski definition) is 3. The Morgan fingerprint density at radius 2 is 1.23 bits per heavy atom. The van der Waals surface area contributed by atoms with Crippen LogP contribution in [-0.2, 0) is 0 Å². The lowest BCUT2D eigenvalue weighted by Crippen LogP contribution is -2.29. The fraction of sp³-hybridized carbons (Fsp3) is 0.174. The summed E-state index contributed by atoms with van der Waals surface area (Å²) >= 11 is 0. The van der Waals surface area contributed by atoms with E-state index in [1.165, 1.54) is 11.0 Å². The van der Waals surface area contributed by atoms with Crippen molar-refractivity contribution in [2.75, 3.05) is 38.0 Å². The summed E-state index contributed by atoms with van der Waals surface area (Å²) in [6.45, 7) is 0. The van der Waals surface area contributed by atoms with Crippen LogP contribution >= 0.6 is 0 Å². The topological polar surface area (TPSA) is 36.4 Å². The molecule has 148 valence electrons. The van der Waals surface area contributed by atoms with E-state index in [1.54, 1.807) is 0 Å². The van der Waals surface area contributed by atoms with E-state index in [4.69, 9.17) is 0 Å². The Balaban J connectivity index is 2.10. The van der Waals surface area contributed by atoms with E-state index in [0.29, 0.717) is 0 Å². The van der Waals surface area contributed by atoms with Gasteiger partial charge >= 0.3 is 11.9 Å². The van der Waals surface area contributed by atoms with Crippen molar-refractivity contribution in [3.8, 4) is 0 Å². The predicted molar refractivity (Wildman–Crippen MR) is 119 cm³/mol. The van der Waals surface area contributed by atoms with Gasteiger partial charge in [-0.25, -0.2) is 8.80 Å². The van der Waals surface area contributed by atoms with Crippen molar-refractivity contribution in [1.82, 2.24) is 13.8 Å². The smallest absolute Gasteiger partial charge is 0.269 e. The second kappa shape index (κ2) is 5.82. The Labute approximate surface area is 173 Å². The molecular weight excluding hydrogens is 374 g/mol. The molecule has 6 rings (SSSR count). The molecule has 0 aromatic carbocycles. The first kappa shape index (κ1) is 17.0. The van der Waals surface area contributed by atoms with E-state index in [0.717, 1.165) is 34.0 Å². The molecule has 0 atom stereocenters. The number of hydrogen-bond donors (Lipinski definition) is 0. The van der Waals surface area contributed by atoms with E-state index in [9.17, 15) is 0 Å². The highest BCUT2D eigenvalue weighted by Gasteiger charge is 2.33. The van der Waals surface area contributed by atoms with Gasteiger partial charge in [-0.3, -0.25) is 14.8 Å². The molecule has 0 N–H and O–H groups in total. The average molecular weight is 397 g/mol. The van der Waals surface area contributed by atoms with Crippen LogP contribution in [0.2, 0.25) is 0 Å². The molecule has 0 unspecified atom stereocenters. The van der Waals surface area contributed by atoms with Gasteiger partial charge < -0.3 is 0 Å². The van der Waals surface area contributed by atoms with Gasteiger partial charge in [-0.05, 0) is 30.3 Å². The van der Waals surface area contributed by atoms with Gasteiger partial charge in [-0.15, -0.1) is 0 Å². The van der Waals surface area contributed by atoms with Gasteiger partial charge in [0.25, 0.3) is 0 Å². The number of anilines is 2. The zero-order valence-corrected chi connectivity index (χ0v) is 17.5. The molecule has 0 fully saturated rings. The predicted octanol–water partition coefficient (Wildman–Crippen LogP) is 2.35. The first-order valence-corrected chi connectivity index (χ1v) is 9.99. The van der Waals surface area contributed by atoms with E-state index in [2.05, 4.69) is 115 Å². The summed E-state index contributed by atoms with van der Waals surface area (Å²) in [6, 6.07) is 14.8. The molecular formula is C23H23N7+2. The van der Waals surface area contributed by atoms with Gasteiger partial charge in [0.15, 0.2) is 33.1 Å². The number of pyridine rings is 3. The number of nitrogens with zero attached hydrogens (tertiary/aromatic N) is 7. The van der Waals surface area contributed by atoms with Gasteiger partial charge in [0.2, 0.25) is 0 Å². The van der Waals surface area contributed by atoms with Crippen LogP contribution in [-0.4, -0.2) is 42.0 Å². The molecule has 0 saturated heterocycles. The molecule has 0 aliphatic heterocycles. The van der Waals surface area contributed by atoms with Crippen LogP contribution in [0.1, 0.15) is 0 Å². The lowest BCUT2D eigenvalue weighted by atomic mass is 10.2. The van der Waals surface area contributed by atoms with Crippen molar-refractivity contribution >= 4 is 45.0 Å². The molecule has 0 saturated carbocycles. The van der Waals surface area contributed by atoms with Crippen LogP contribution in [0.5, 0.6) is 0 Å². The minimum atomic E-state index is 1.07. The minimum Gasteiger partial charge on any atom is -0.269 e. The molecule has 6 heterocycles. The van der Waals surface area contributed by atoms with Gasteiger partial charge in [0.1, 0.15) is 0 Å². The van der Waals surface area contributed by atoms with Crippen molar-refractivity contribution < 1.29 is 8.80 Å². The lowest BCUT2D eigenvalue weighted by Gasteiger charge is -2.08. The van der Waals surface area contributed by atoms with Crippen molar-refractivity contribution in [3.05, 3.63) is 67.3 Å². The molecule has 0 aliphatic rings. The van der Waals surface area contributed by atoms with Gasteiger partial charge in [-0.1, -0.05) is 12.1 Å². The second-order valence-electron chi connectivity index (χ2n) is 8.03. The maximum Gasteiger partial charge on any atom is 0.370 e. The standard InChI is InChI=1S/C23H23N7/c1-25(2)22-27-13-7-5-9-17(27)20-21-18-10-6-8-14-28(18)23(26(3)4)30(21)19-15-24-12-11-16(19)29(20)22/h5-15H,1-4H3/q+2. The van der Waals surface area contributed by atoms with Crippen LogP contribution < -0.4 is 18.6 Å². The molecule has 0 bridgehead atoms. The lowest BCUT2D eigenvalue weighted by molar-refractivity contribution is -0.497. The van der Waals surface area contributed by atoms with Gasteiger partial charge in [-0.2, -0.15) is 8.80 Å². The molecule has 0 spiro atoms. The van der Waals surface area contributed by atoms with Gasteiger partial charge in [0.05, 0.1) is 46.8 Å². The summed E-state index contributed by atoms with van der Waals surface area (Å²) in [5.74, 6) is 2.18. The average Bonchev–Trinajstić information content (AvgIpc) is 3.27. The van der Waals surface area contributed by atoms with Crippen molar-refractivity contribution in [1.29, 1.82) is 0 Å². The van der Waals surface area contributed by atoms with E-state index < -0.39 is 0 Å². The zero-order valence-electron chi connectivity index (χ0n) is 17.5. The summed E-state index contributed by atoms with van der Waals surface area (Å²) < 4.78 is 9.20. The highest BCUT2D eigenvalue weighted by molar-refractivity contribution is 6.03. The summed E-state index contributed by atoms with van der Waals surface area (Å²) in [5, 5.41) is 0. The van der Waals surface area contributed by atoms with Crippen molar-refractivity contribution in [2.24, 2.45) is 0 Å². The highest BCUT2D eigenvalue weighted by Crippen LogP contribution is 2.33. The van der Waals surface area contributed by atoms with E-state index >= 15 is 0 Å². The first-order valence-electron chi connectivity index (χ1n) is 9.99. The first-order chi connectivity index (χ1) is 14.6. The summed E-state index contributed by atoms with van der Waals surface area (Å²) in [6.07, 6.45) is 8.09. The fourth-order valence-electron chi connectivity index (χ4n) is 4.75. The van der Waals surface area contributed by atoms with Crippen LogP contribution in [0, 0.1) is 0 Å². The van der Waals surface area contributed by atoms with Crippen LogP contribution in [0.25, 0.3) is 33.1 Å². The molecule has 7 nitrogen and oxygen atoms in total. The minimum absolute atomic E-state index is 1.07.